The molecule has 6 nitrogen and oxygen atoms in total. The molecule has 0 unspecified atom stereocenters. The van der Waals surface area contributed by atoms with Gasteiger partial charge in [0.05, 0.1) is 12.0 Å². The third kappa shape index (κ3) is 2.83. The number of ether oxygens (including phenoxy) is 1. The number of rotatable bonds is 4. The van der Waals surface area contributed by atoms with Crippen LogP contribution >= 0.6 is 0 Å². The van der Waals surface area contributed by atoms with Crippen LogP contribution in [0.5, 0.6) is 0 Å². The van der Waals surface area contributed by atoms with Gasteiger partial charge in [0.1, 0.15) is 0 Å². The number of methoxy groups -OCH3 is 1. The molecule has 0 aliphatic heterocycles. The maximum Gasteiger partial charge on any atom is 0.407 e. The van der Waals surface area contributed by atoms with Gasteiger partial charge in [0, 0.05) is 18.9 Å². The summed E-state index contributed by atoms with van der Waals surface area (Å²) < 4.78 is 30.5. The van der Waals surface area contributed by atoms with Crippen molar-refractivity contribution in [1.29, 1.82) is 0 Å². The van der Waals surface area contributed by atoms with Crippen LogP contribution in [0, 0.1) is 0 Å². The van der Waals surface area contributed by atoms with Crippen molar-refractivity contribution in [2.24, 2.45) is 0 Å². The highest BCUT2D eigenvalue weighted by Crippen LogP contribution is 2.18. The van der Waals surface area contributed by atoms with E-state index in [1.807, 2.05) is 0 Å². The zero-order valence-corrected chi connectivity index (χ0v) is 11.6. The van der Waals surface area contributed by atoms with Crippen LogP contribution < -0.4 is 5.32 Å². The summed E-state index contributed by atoms with van der Waals surface area (Å²) in [5, 5.41) is 2.47. The molecule has 20 heavy (non-hydrogen) atoms. The lowest BCUT2D eigenvalue weighted by Crippen LogP contribution is -2.24. The molecule has 0 spiro atoms. The average Bonchev–Trinajstić information content (AvgIpc) is 3.00. The quantitative estimate of drug-likeness (QED) is 0.928. The van der Waals surface area contributed by atoms with Gasteiger partial charge < -0.3 is 10.1 Å². The van der Waals surface area contributed by atoms with E-state index in [9.17, 15) is 13.2 Å². The van der Waals surface area contributed by atoms with Crippen LogP contribution in [0.4, 0.5) is 4.79 Å². The van der Waals surface area contributed by atoms with Gasteiger partial charge in [0.25, 0.3) is 10.0 Å². The van der Waals surface area contributed by atoms with Crippen LogP contribution in [0.15, 0.2) is 53.7 Å². The highest BCUT2D eigenvalue weighted by atomic mass is 32.2. The molecule has 7 heteroatoms. The Labute approximate surface area is 117 Å². The topological polar surface area (TPSA) is 77.4 Å². The molecule has 0 bridgehead atoms. The summed E-state index contributed by atoms with van der Waals surface area (Å²) in [4.78, 5) is 11.2. The van der Waals surface area contributed by atoms with Crippen LogP contribution in [0.1, 0.15) is 5.56 Å². The van der Waals surface area contributed by atoms with Crippen molar-refractivity contribution in [3.05, 3.63) is 54.4 Å². The first kappa shape index (κ1) is 14.1. The Morgan fingerprint density at radius 1 is 1.20 bits per heavy atom. The molecule has 1 N–H and O–H groups in total. The largest absolute Gasteiger partial charge is 0.453 e. The summed E-state index contributed by atoms with van der Waals surface area (Å²) in [6.07, 6.45) is 2.30. The Bertz CT molecular complexity index is 693. The van der Waals surface area contributed by atoms with E-state index < -0.39 is 16.1 Å². The van der Waals surface area contributed by atoms with Gasteiger partial charge in [-0.3, -0.25) is 0 Å². The number of nitrogens with zero attached hydrogens (tertiary/aromatic N) is 1. The average molecular weight is 294 g/mol. The molecule has 0 saturated carbocycles. The monoisotopic (exact) mass is 294 g/mol. The molecule has 1 heterocycles. The van der Waals surface area contributed by atoms with Crippen molar-refractivity contribution < 1.29 is 17.9 Å². The minimum atomic E-state index is -3.66. The SMILES string of the molecule is COC(=O)NCc1ccccc1S(=O)(=O)n1cccc1. The molecule has 0 radical (unpaired) electrons. The molecule has 1 amide bonds. The van der Waals surface area contributed by atoms with E-state index in [0.29, 0.717) is 5.56 Å². The van der Waals surface area contributed by atoms with E-state index in [-0.39, 0.29) is 11.4 Å². The zero-order chi connectivity index (χ0) is 14.6. The molecule has 0 aliphatic rings. The van der Waals surface area contributed by atoms with Crippen LogP contribution in [-0.4, -0.2) is 25.6 Å². The van der Waals surface area contributed by atoms with Crippen molar-refractivity contribution in [2.75, 3.05) is 7.11 Å². The number of nitrogens with one attached hydrogen (secondary N) is 1. The van der Waals surface area contributed by atoms with Gasteiger partial charge in [0.2, 0.25) is 0 Å². The van der Waals surface area contributed by atoms with E-state index in [4.69, 9.17) is 0 Å². The fourth-order valence-electron chi connectivity index (χ4n) is 1.73. The third-order valence-corrected chi connectivity index (χ3v) is 4.47. The Hall–Kier alpha value is -2.28. The Morgan fingerprint density at radius 3 is 2.50 bits per heavy atom. The van der Waals surface area contributed by atoms with Crippen molar-refractivity contribution >= 4 is 16.1 Å². The van der Waals surface area contributed by atoms with Crippen LogP contribution in [0.3, 0.4) is 0 Å². The van der Waals surface area contributed by atoms with Crippen LogP contribution in [0.25, 0.3) is 0 Å². The van der Waals surface area contributed by atoms with E-state index in [2.05, 4.69) is 10.1 Å². The summed E-state index contributed by atoms with van der Waals surface area (Å²) in [6, 6.07) is 9.76. The smallest absolute Gasteiger partial charge is 0.407 e. The first-order valence-corrected chi connectivity index (χ1v) is 7.28. The summed E-state index contributed by atoms with van der Waals surface area (Å²) >= 11 is 0. The van der Waals surface area contributed by atoms with Crippen molar-refractivity contribution in [1.82, 2.24) is 9.29 Å². The molecular weight excluding hydrogens is 280 g/mol. The molecule has 1 aromatic heterocycles. The predicted molar refractivity (Wildman–Crippen MR) is 72.7 cm³/mol. The fraction of sp³-hybridized carbons (Fsp3) is 0.154. The van der Waals surface area contributed by atoms with Gasteiger partial charge in [-0.15, -0.1) is 0 Å². The van der Waals surface area contributed by atoms with Gasteiger partial charge in [-0.2, -0.15) is 0 Å². The van der Waals surface area contributed by atoms with Gasteiger partial charge in [-0.05, 0) is 23.8 Å². The number of hydrogen-bond acceptors (Lipinski definition) is 4. The fourth-order valence-corrected chi connectivity index (χ4v) is 3.14. The molecule has 106 valence electrons. The number of amides is 1. The molecule has 1 aromatic carbocycles. The number of hydrogen-bond donors (Lipinski definition) is 1. The number of carbonyl (C=O) groups is 1. The summed E-state index contributed by atoms with van der Waals surface area (Å²) in [6.45, 7) is 0.0728. The van der Waals surface area contributed by atoms with Crippen molar-refractivity contribution in [3.8, 4) is 0 Å². The van der Waals surface area contributed by atoms with E-state index in [1.165, 1.54) is 25.6 Å². The van der Waals surface area contributed by atoms with E-state index in [0.717, 1.165) is 3.97 Å². The number of benzene rings is 1. The van der Waals surface area contributed by atoms with Gasteiger partial charge in [-0.25, -0.2) is 17.2 Å². The molecule has 2 aromatic rings. The first-order valence-electron chi connectivity index (χ1n) is 5.84. The zero-order valence-electron chi connectivity index (χ0n) is 10.8. The molecule has 0 saturated heterocycles. The molecule has 0 aliphatic carbocycles. The lowest BCUT2D eigenvalue weighted by molar-refractivity contribution is 0.170. The Balaban J connectivity index is 2.35. The summed E-state index contributed by atoms with van der Waals surface area (Å²) in [7, 11) is -2.41. The van der Waals surface area contributed by atoms with Crippen LogP contribution in [-0.2, 0) is 21.3 Å². The Morgan fingerprint density at radius 2 is 1.85 bits per heavy atom. The van der Waals surface area contributed by atoms with Gasteiger partial charge in [0.15, 0.2) is 0 Å². The second-order valence-electron chi connectivity index (χ2n) is 3.97. The molecular formula is C13H14N2O4S. The lowest BCUT2D eigenvalue weighted by Gasteiger charge is -2.11. The molecule has 2 rings (SSSR count). The van der Waals surface area contributed by atoms with Gasteiger partial charge in [-0.1, -0.05) is 18.2 Å². The standard InChI is InChI=1S/C13H14N2O4S/c1-19-13(16)14-10-11-6-2-3-7-12(11)20(17,18)15-8-4-5-9-15/h2-9H,10H2,1H3,(H,14,16). The number of aromatic nitrogens is 1. The van der Waals surface area contributed by atoms with Crippen molar-refractivity contribution in [3.63, 3.8) is 0 Å². The van der Waals surface area contributed by atoms with E-state index >= 15 is 0 Å². The highest BCUT2D eigenvalue weighted by Gasteiger charge is 2.19. The van der Waals surface area contributed by atoms with Crippen molar-refractivity contribution in [2.45, 2.75) is 11.4 Å². The minimum absolute atomic E-state index is 0.0728. The number of alkyl carbamates (subject to hydrolysis) is 1. The molecule has 0 fully saturated rings. The normalized spacial score (nSPS) is 11.1. The summed E-state index contributed by atoms with van der Waals surface area (Å²) in [5.74, 6) is 0. The first-order chi connectivity index (χ1) is 9.55. The second kappa shape index (κ2) is 5.79. The maximum atomic E-state index is 12.4. The maximum absolute atomic E-state index is 12.4. The Kier molecular flexibility index (Phi) is 4.09. The van der Waals surface area contributed by atoms with Crippen LogP contribution in [0.2, 0.25) is 0 Å². The second-order valence-corrected chi connectivity index (χ2v) is 5.78. The third-order valence-electron chi connectivity index (χ3n) is 2.71. The van der Waals surface area contributed by atoms with E-state index in [1.54, 1.807) is 30.3 Å². The lowest BCUT2D eigenvalue weighted by atomic mass is 10.2. The summed E-state index contributed by atoms with van der Waals surface area (Å²) in [5.41, 5.74) is 0.492. The molecule has 0 atom stereocenters. The van der Waals surface area contributed by atoms with Gasteiger partial charge >= 0.3 is 6.09 Å². The number of carbonyl (C=O) groups excluding carboxylic acids is 1. The predicted octanol–water partition coefficient (Wildman–Crippen LogP) is 1.58. The minimum Gasteiger partial charge on any atom is -0.453 e. The highest BCUT2D eigenvalue weighted by molar-refractivity contribution is 7.90.